The second-order valence-corrected chi connectivity index (χ2v) is 4.23. The van der Waals surface area contributed by atoms with Gasteiger partial charge in [0.1, 0.15) is 5.75 Å². The first kappa shape index (κ1) is 12.8. The lowest BCUT2D eigenvalue weighted by molar-refractivity contribution is -0.141. The second-order valence-electron chi connectivity index (χ2n) is 3.31. The number of ether oxygens (including phenoxy) is 1. The number of hydrogen-bond acceptors (Lipinski definition) is 3. The number of alkyl halides is 3. The smallest absolute Gasteiger partial charge is 0.435 e. The van der Waals surface area contributed by atoms with Crippen LogP contribution in [-0.4, -0.2) is 10.2 Å². The van der Waals surface area contributed by atoms with Gasteiger partial charge in [0, 0.05) is 10.5 Å². The molecule has 0 bridgehead atoms. The van der Waals surface area contributed by atoms with Gasteiger partial charge in [0.25, 0.3) is 0 Å². The summed E-state index contributed by atoms with van der Waals surface area (Å²) in [4.78, 5) is 0. The van der Waals surface area contributed by atoms with Crippen LogP contribution in [0.3, 0.4) is 0 Å². The molecule has 0 saturated heterocycles. The third-order valence-electron chi connectivity index (χ3n) is 1.95. The van der Waals surface area contributed by atoms with Crippen LogP contribution in [0, 0.1) is 0 Å². The topological polar surface area (TPSA) is 35.0 Å². The van der Waals surface area contributed by atoms with E-state index in [1.165, 1.54) is 0 Å². The molecule has 7 heteroatoms. The van der Waals surface area contributed by atoms with Gasteiger partial charge < -0.3 is 4.74 Å². The lowest BCUT2D eigenvalue weighted by Crippen LogP contribution is -2.08. The van der Waals surface area contributed by atoms with Crippen molar-refractivity contribution < 1.29 is 17.9 Å². The van der Waals surface area contributed by atoms with Crippen molar-refractivity contribution in [3.8, 4) is 11.6 Å². The van der Waals surface area contributed by atoms with Gasteiger partial charge in [-0.15, -0.1) is 10.2 Å². The first-order valence-corrected chi connectivity index (χ1v) is 5.59. The van der Waals surface area contributed by atoms with E-state index < -0.39 is 11.9 Å². The molecule has 1 aromatic heterocycles. The van der Waals surface area contributed by atoms with E-state index in [-0.39, 0.29) is 5.88 Å². The Bertz CT molecular complexity index is 543. The molecule has 0 N–H and O–H groups in total. The lowest BCUT2D eigenvalue weighted by atomic mass is 10.3. The Kier molecular flexibility index (Phi) is 3.51. The molecule has 18 heavy (non-hydrogen) atoms. The molecule has 2 aromatic rings. The first-order chi connectivity index (χ1) is 8.45. The summed E-state index contributed by atoms with van der Waals surface area (Å²) >= 11 is 3.25. The van der Waals surface area contributed by atoms with Crippen LogP contribution in [0.5, 0.6) is 11.6 Å². The van der Waals surface area contributed by atoms with Gasteiger partial charge in [0.05, 0.1) is 0 Å². The average Bonchev–Trinajstić information content (AvgIpc) is 2.28. The highest BCUT2D eigenvalue weighted by molar-refractivity contribution is 9.10. The fourth-order valence-corrected chi connectivity index (χ4v) is 1.56. The van der Waals surface area contributed by atoms with Gasteiger partial charge in [-0.1, -0.05) is 22.0 Å². The van der Waals surface area contributed by atoms with Gasteiger partial charge in [0.15, 0.2) is 5.69 Å². The predicted molar refractivity (Wildman–Crippen MR) is 61.3 cm³/mol. The van der Waals surface area contributed by atoms with Gasteiger partial charge in [-0.05, 0) is 24.3 Å². The van der Waals surface area contributed by atoms with Crippen LogP contribution in [0.4, 0.5) is 13.2 Å². The Labute approximate surface area is 109 Å². The molecule has 0 atom stereocenters. The number of halogens is 4. The van der Waals surface area contributed by atoms with Gasteiger partial charge in [0.2, 0.25) is 5.88 Å². The van der Waals surface area contributed by atoms with Crippen molar-refractivity contribution >= 4 is 15.9 Å². The quantitative estimate of drug-likeness (QED) is 0.837. The minimum absolute atomic E-state index is 0.00102. The molecule has 0 aliphatic carbocycles. The Morgan fingerprint density at radius 3 is 2.39 bits per heavy atom. The van der Waals surface area contributed by atoms with Crippen molar-refractivity contribution in [1.29, 1.82) is 0 Å². The first-order valence-electron chi connectivity index (χ1n) is 4.79. The molecular formula is C11H6BrF3N2O. The zero-order chi connectivity index (χ0) is 13.2. The Morgan fingerprint density at radius 1 is 1.06 bits per heavy atom. The standard InChI is InChI=1S/C11H6BrF3N2O/c12-7-2-1-3-8(6-7)18-10-5-4-9(16-17-10)11(13,14)15/h1-6H. The van der Waals surface area contributed by atoms with Gasteiger partial charge in [-0.25, -0.2) is 0 Å². The highest BCUT2D eigenvalue weighted by atomic mass is 79.9. The van der Waals surface area contributed by atoms with E-state index >= 15 is 0 Å². The maximum atomic E-state index is 12.2. The fourth-order valence-electron chi connectivity index (χ4n) is 1.18. The minimum Gasteiger partial charge on any atom is -0.437 e. The summed E-state index contributed by atoms with van der Waals surface area (Å²) in [6, 6.07) is 8.79. The molecule has 0 spiro atoms. The zero-order valence-electron chi connectivity index (χ0n) is 8.78. The van der Waals surface area contributed by atoms with E-state index in [0.29, 0.717) is 5.75 Å². The number of rotatable bonds is 2. The van der Waals surface area contributed by atoms with Crippen molar-refractivity contribution in [2.24, 2.45) is 0 Å². The molecule has 94 valence electrons. The molecule has 0 aliphatic heterocycles. The van der Waals surface area contributed by atoms with Gasteiger partial charge >= 0.3 is 6.18 Å². The number of aromatic nitrogens is 2. The summed E-state index contributed by atoms with van der Waals surface area (Å²) in [5, 5.41) is 6.42. The fraction of sp³-hybridized carbons (Fsp3) is 0.0909. The van der Waals surface area contributed by atoms with E-state index in [4.69, 9.17) is 4.74 Å². The largest absolute Gasteiger partial charge is 0.437 e. The van der Waals surface area contributed by atoms with Gasteiger partial charge in [-0.2, -0.15) is 13.2 Å². The number of benzene rings is 1. The van der Waals surface area contributed by atoms with Crippen molar-refractivity contribution in [2.75, 3.05) is 0 Å². The van der Waals surface area contributed by atoms with Crippen LogP contribution in [0.1, 0.15) is 5.69 Å². The Morgan fingerprint density at radius 2 is 1.83 bits per heavy atom. The molecular weight excluding hydrogens is 313 g/mol. The minimum atomic E-state index is -4.50. The third-order valence-corrected chi connectivity index (χ3v) is 2.44. The molecule has 0 saturated carbocycles. The lowest BCUT2D eigenvalue weighted by Gasteiger charge is -2.06. The van der Waals surface area contributed by atoms with Crippen LogP contribution >= 0.6 is 15.9 Å². The van der Waals surface area contributed by atoms with Crippen molar-refractivity contribution in [3.05, 3.63) is 46.6 Å². The van der Waals surface area contributed by atoms with Crippen LogP contribution < -0.4 is 4.74 Å². The number of hydrogen-bond donors (Lipinski definition) is 0. The molecule has 0 aliphatic rings. The van der Waals surface area contributed by atoms with Crippen LogP contribution in [0.25, 0.3) is 0 Å². The zero-order valence-corrected chi connectivity index (χ0v) is 10.4. The van der Waals surface area contributed by atoms with E-state index in [0.717, 1.165) is 16.6 Å². The molecule has 0 radical (unpaired) electrons. The van der Waals surface area contributed by atoms with E-state index in [1.54, 1.807) is 24.3 Å². The SMILES string of the molecule is FC(F)(F)c1ccc(Oc2cccc(Br)c2)nn1. The molecule has 2 rings (SSSR count). The average molecular weight is 319 g/mol. The highest BCUT2D eigenvalue weighted by Gasteiger charge is 2.32. The van der Waals surface area contributed by atoms with Gasteiger partial charge in [-0.3, -0.25) is 0 Å². The summed E-state index contributed by atoms with van der Waals surface area (Å²) in [7, 11) is 0. The molecule has 0 amide bonds. The monoisotopic (exact) mass is 318 g/mol. The Balaban J connectivity index is 2.16. The summed E-state index contributed by atoms with van der Waals surface area (Å²) < 4.78 is 42.8. The van der Waals surface area contributed by atoms with E-state index in [2.05, 4.69) is 26.1 Å². The maximum absolute atomic E-state index is 12.2. The van der Waals surface area contributed by atoms with Crippen LogP contribution in [0.15, 0.2) is 40.9 Å². The third kappa shape index (κ3) is 3.19. The van der Waals surface area contributed by atoms with E-state index in [1.807, 2.05) is 0 Å². The van der Waals surface area contributed by atoms with Crippen molar-refractivity contribution in [3.63, 3.8) is 0 Å². The summed E-state index contributed by atoms with van der Waals surface area (Å²) in [6.07, 6.45) is -4.50. The summed E-state index contributed by atoms with van der Waals surface area (Å²) in [6.45, 7) is 0. The molecule has 3 nitrogen and oxygen atoms in total. The van der Waals surface area contributed by atoms with Crippen LogP contribution in [0.2, 0.25) is 0 Å². The molecule has 0 unspecified atom stereocenters. The normalized spacial score (nSPS) is 11.3. The van der Waals surface area contributed by atoms with Crippen molar-refractivity contribution in [2.45, 2.75) is 6.18 Å². The van der Waals surface area contributed by atoms with Crippen LogP contribution in [-0.2, 0) is 6.18 Å². The highest BCUT2D eigenvalue weighted by Crippen LogP contribution is 2.28. The molecule has 1 aromatic carbocycles. The maximum Gasteiger partial charge on any atom is 0.435 e. The summed E-state index contributed by atoms with van der Waals surface area (Å²) in [5.41, 5.74) is -1.05. The number of nitrogens with zero attached hydrogens (tertiary/aromatic N) is 2. The molecule has 1 heterocycles. The second kappa shape index (κ2) is 4.93. The summed E-state index contributed by atoms with van der Waals surface area (Å²) in [5.74, 6) is 0.458. The Hall–Kier alpha value is -1.63. The molecule has 0 fully saturated rings. The predicted octanol–water partition coefficient (Wildman–Crippen LogP) is 4.05. The van der Waals surface area contributed by atoms with Crippen molar-refractivity contribution in [1.82, 2.24) is 10.2 Å². The van der Waals surface area contributed by atoms with E-state index in [9.17, 15) is 13.2 Å².